The fourth-order valence-corrected chi connectivity index (χ4v) is 2.38. The van der Waals surface area contributed by atoms with Crippen molar-refractivity contribution in [2.45, 2.75) is 6.42 Å². The SMILES string of the molecule is C=C(O)C(=O)Oc1cccc2c1Cc1ccccc1-2. The van der Waals surface area contributed by atoms with Crippen LogP contribution < -0.4 is 4.74 Å². The summed E-state index contributed by atoms with van der Waals surface area (Å²) in [7, 11) is 0. The minimum Gasteiger partial charge on any atom is -0.502 e. The van der Waals surface area contributed by atoms with Gasteiger partial charge >= 0.3 is 5.97 Å². The van der Waals surface area contributed by atoms with Gasteiger partial charge in [0, 0.05) is 12.0 Å². The lowest BCUT2D eigenvalue weighted by Gasteiger charge is -2.08. The van der Waals surface area contributed by atoms with Gasteiger partial charge in [-0.1, -0.05) is 36.4 Å². The van der Waals surface area contributed by atoms with Crippen LogP contribution in [0.25, 0.3) is 11.1 Å². The summed E-state index contributed by atoms with van der Waals surface area (Å²) in [6, 6.07) is 13.7. The summed E-state index contributed by atoms with van der Waals surface area (Å²) >= 11 is 0. The van der Waals surface area contributed by atoms with Crippen molar-refractivity contribution in [2.75, 3.05) is 0 Å². The number of carbonyl (C=O) groups is 1. The van der Waals surface area contributed by atoms with E-state index in [-0.39, 0.29) is 0 Å². The summed E-state index contributed by atoms with van der Waals surface area (Å²) in [6.45, 7) is 3.17. The molecule has 0 fully saturated rings. The van der Waals surface area contributed by atoms with E-state index in [9.17, 15) is 4.79 Å². The molecule has 0 atom stereocenters. The van der Waals surface area contributed by atoms with E-state index in [1.165, 1.54) is 11.1 Å². The van der Waals surface area contributed by atoms with Gasteiger partial charge in [0.25, 0.3) is 0 Å². The van der Waals surface area contributed by atoms with Crippen molar-refractivity contribution >= 4 is 5.97 Å². The Morgan fingerprint density at radius 2 is 1.84 bits per heavy atom. The van der Waals surface area contributed by atoms with Gasteiger partial charge < -0.3 is 9.84 Å². The molecule has 0 amide bonds. The van der Waals surface area contributed by atoms with Crippen LogP contribution in [0.4, 0.5) is 0 Å². The summed E-state index contributed by atoms with van der Waals surface area (Å²) in [5.41, 5.74) is 4.42. The van der Waals surface area contributed by atoms with Gasteiger partial charge in [-0.15, -0.1) is 0 Å². The topological polar surface area (TPSA) is 46.5 Å². The number of hydrogen-bond acceptors (Lipinski definition) is 3. The van der Waals surface area contributed by atoms with Gasteiger partial charge in [-0.05, 0) is 29.3 Å². The maximum Gasteiger partial charge on any atom is 0.378 e. The molecule has 94 valence electrons. The minimum absolute atomic E-state index is 0.480. The van der Waals surface area contributed by atoms with Crippen LogP contribution in [0.2, 0.25) is 0 Å². The first kappa shape index (κ1) is 11.5. The number of aliphatic hydroxyl groups excluding tert-OH is 1. The monoisotopic (exact) mass is 252 g/mol. The highest BCUT2D eigenvalue weighted by atomic mass is 16.5. The Kier molecular flexibility index (Phi) is 2.60. The van der Waals surface area contributed by atoms with E-state index < -0.39 is 11.7 Å². The smallest absolute Gasteiger partial charge is 0.378 e. The molecule has 0 bridgehead atoms. The molecule has 1 N–H and O–H groups in total. The molecule has 0 heterocycles. The molecule has 19 heavy (non-hydrogen) atoms. The number of aliphatic hydroxyl groups is 1. The summed E-state index contributed by atoms with van der Waals surface area (Å²) in [4.78, 5) is 11.4. The Labute approximate surface area is 110 Å². The molecule has 0 saturated heterocycles. The molecule has 0 radical (unpaired) electrons. The van der Waals surface area contributed by atoms with Crippen molar-refractivity contribution in [3.05, 3.63) is 65.9 Å². The zero-order valence-electron chi connectivity index (χ0n) is 10.2. The number of esters is 1. The van der Waals surface area contributed by atoms with Gasteiger partial charge in [-0.25, -0.2) is 4.79 Å². The molecule has 3 heteroatoms. The number of rotatable bonds is 2. The van der Waals surface area contributed by atoms with Crippen molar-refractivity contribution in [1.82, 2.24) is 0 Å². The third kappa shape index (κ3) is 1.89. The molecule has 1 aliphatic carbocycles. The molecular weight excluding hydrogens is 240 g/mol. The lowest BCUT2D eigenvalue weighted by molar-refractivity contribution is -0.132. The second-order valence-electron chi connectivity index (χ2n) is 4.45. The number of benzene rings is 2. The Balaban J connectivity index is 2.04. The maximum atomic E-state index is 11.4. The van der Waals surface area contributed by atoms with Gasteiger partial charge in [0.1, 0.15) is 5.75 Å². The van der Waals surface area contributed by atoms with Crippen molar-refractivity contribution in [2.24, 2.45) is 0 Å². The predicted octanol–water partition coefficient (Wildman–Crippen LogP) is 3.23. The van der Waals surface area contributed by atoms with Crippen molar-refractivity contribution in [3.63, 3.8) is 0 Å². The van der Waals surface area contributed by atoms with Crippen molar-refractivity contribution in [3.8, 4) is 16.9 Å². The Hall–Kier alpha value is -2.55. The first-order valence-electron chi connectivity index (χ1n) is 5.97. The Morgan fingerprint density at radius 3 is 2.63 bits per heavy atom. The minimum atomic E-state index is -0.815. The average Bonchev–Trinajstić information content (AvgIpc) is 2.78. The molecule has 0 saturated carbocycles. The quantitative estimate of drug-likeness (QED) is 0.329. The second-order valence-corrected chi connectivity index (χ2v) is 4.45. The lowest BCUT2D eigenvalue weighted by Crippen LogP contribution is -2.10. The number of carbonyl (C=O) groups excluding carboxylic acids is 1. The summed E-state index contributed by atoms with van der Waals surface area (Å²) in [6.07, 6.45) is 0.729. The predicted molar refractivity (Wildman–Crippen MR) is 72.1 cm³/mol. The van der Waals surface area contributed by atoms with E-state index in [2.05, 4.69) is 18.7 Å². The summed E-state index contributed by atoms with van der Waals surface area (Å²) in [5, 5.41) is 9.04. The standard InChI is InChI=1S/C16H12O3/c1-10(17)16(18)19-15-8-4-7-13-12-6-3-2-5-11(12)9-14(13)15/h2-8,17H,1,9H2. The van der Waals surface area contributed by atoms with Crippen LogP contribution in [0, 0.1) is 0 Å². The van der Waals surface area contributed by atoms with Crippen LogP contribution in [0.3, 0.4) is 0 Å². The highest BCUT2D eigenvalue weighted by molar-refractivity contribution is 5.88. The van der Waals surface area contributed by atoms with Crippen LogP contribution in [-0.2, 0) is 11.2 Å². The van der Waals surface area contributed by atoms with Gasteiger partial charge in [0.15, 0.2) is 5.76 Å². The normalized spacial score (nSPS) is 11.6. The number of ether oxygens (including phenoxy) is 1. The van der Waals surface area contributed by atoms with E-state index in [1.54, 1.807) is 6.07 Å². The molecule has 0 aromatic heterocycles. The fourth-order valence-electron chi connectivity index (χ4n) is 2.38. The van der Waals surface area contributed by atoms with Gasteiger partial charge in [0.2, 0.25) is 0 Å². The molecule has 1 aliphatic rings. The van der Waals surface area contributed by atoms with E-state index in [4.69, 9.17) is 9.84 Å². The molecule has 3 rings (SSSR count). The van der Waals surface area contributed by atoms with Crippen molar-refractivity contribution < 1.29 is 14.6 Å². The summed E-state index contributed by atoms with van der Waals surface area (Å²) in [5.74, 6) is -0.925. The van der Waals surface area contributed by atoms with Crippen molar-refractivity contribution in [1.29, 1.82) is 0 Å². The van der Waals surface area contributed by atoms with Crippen LogP contribution in [-0.4, -0.2) is 11.1 Å². The Morgan fingerprint density at radius 1 is 1.11 bits per heavy atom. The van der Waals surface area contributed by atoms with Gasteiger partial charge in [-0.2, -0.15) is 0 Å². The molecule has 2 aromatic rings. The summed E-state index contributed by atoms with van der Waals surface area (Å²) < 4.78 is 5.16. The first-order chi connectivity index (χ1) is 9.16. The molecule has 0 spiro atoms. The van der Waals surface area contributed by atoms with E-state index in [1.807, 2.05) is 24.3 Å². The van der Waals surface area contributed by atoms with Gasteiger partial charge in [-0.3, -0.25) is 0 Å². The first-order valence-corrected chi connectivity index (χ1v) is 5.97. The molecule has 0 unspecified atom stereocenters. The van der Waals surface area contributed by atoms with Crippen LogP contribution in [0.5, 0.6) is 5.75 Å². The lowest BCUT2D eigenvalue weighted by atomic mass is 10.1. The zero-order chi connectivity index (χ0) is 13.4. The maximum absolute atomic E-state index is 11.4. The van der Waals surface area contributed by atoms with Crippen LogP contribution in [0.1, 0.15) is 11.1 Å². The molecular formula is C16H12O3. The third-order valence-corrected chi connectivity index (χ3v) is 3.25. The van der Waals surface area contributed by atoms with E-state index in [0.29, 0.717) is 5.75 Å². The zero-order valence-corrected chi connectivity index (χ0v) is 10.2. The highest BCUT2D eigenvalue weighted by Gasteiger charge is 2.22. The highest BCUT2D eigenvalue weighted by Crippen LogP contribution is 2.40. The Bertz CT molecular complexity index is 686. The van der Waals surface area contributed by atoms with E-state index in [0.717, 1.165) is 17.5 Å². The number of hydrogen-bond donors (Lipinski definition) is 1. The van der Waals surface area contributed by atoms with Crippen LogP contribution in [0.15, 0.2) is 54.8 Å². The molecule has 0 aliphatic heterocycles. The largest absolute Gasteiger partial charge is 0.502 e. The molecule has 2 aromatic carbocycles. The average molecular weight is 252 g/mol. The van der Waals surface area contributed by atoms with Gasteiger partial charge in [0.05, 0.1) is 0 Å². The number of fused-ring (bicyclic) bond motifs is 3. The third-order valence-electron chi connectivity index (χ3n) is 3.25. The fraction of sp³-hybridized carbons (Fsp3) is 0.0625. The second kappa shape index (κ2) is 4.28. The molecule has 3 nitrogen and oxygen atoms in total. The van der Waals surface area contributed by atoms with E-state index >= 15 is 0 Å². The van der Waals surface area contributed by atoms with Crippen LogP contribution >= 0.6 is 0 Å².